The Hall–Kier alpha value is -0.671. The molecule has 0 saturated carbocycles. The van der Waals surface area contributed by atoms with E-state index in [1.54, 1.807) is 0 Å². The van der Waals surface area contributed by atoms with Crippen molar-refractivity contribution in [1.82, 2.24) is 0 Å². The predicted molar refractivity (Wildman–Crippen MR) is 28.2 cm³/mol. The Morgan fingerprint density at radius 3 is 0.571 bits per heavy atom. The van der Waals surface area contributed by atoms with Crippen molar-refractivity contribution in [3.05, 3.63) is 0 Å². The molecule has 0 fully saturated rings. The second-order valence-corrected chi connectivity index (χ2v) is 0.365. The van der Waals surface area contributed by atoms with Gasteiger partial charge in [0.1, 0.15) is 0 Å². The molecular weight excluding hydrogens is 234 g/mol. The summed E-state index contributed by atoms with van der Waals surface area (Å²) in [5.74, 6) is 0. The van der Waals surface area contributed by atoms with E-state index in [1.807, 2.05) is 0 Å². The first-order valence-electron chi connectivity index (χ1n) is 1.71. The summed E-state index contributed by atoms with van der Waals surface area (Å²) in [6.07, 6.45) is 2.00. The van der Waals surface area contributed by atoms with E-state index >= 15 is 0 Å². The number of hydrogen-bond acceptors (Lipinski definition) is 8. The van der Waals surface area contributed by atoms with Crippen LogP contribution in [0.1, 0.15) is 0 Å². The van der Waals surface area contributed by atoms with E-state index in [9.17, 15) is 0 Å². The van der Waals surface area contributed by atoms with Crippen molar-refractivity contribution in [3.8, 4) is 25.0 Å². The summed E-state index contributed by atoms with van der Waals surface area (Å²) >= 11 is 0. The van der Waals surface area contributed by atoms with Gasteiger partial charge in [0.2, 0.25) is 0 Å². The molecule has 64 valence electrons. The molecule has 0 aliphatic heterocycles. The number of nitriles is 4. The van der Waals surface area contributed by atoms with Crippen LogP contribution in [0.25, 0.3) is 0 Å². The topological polar surface area (TPSA) is 187 Å². The molecule has 0 N–H and O–H groups in total. The van der Waals surface area contributed by atoms with Crippen molar-refractivity contribution in [2.75, 3.05) is 0 Å². The molecule has 0 atom stereocenters. The zero-order chi connectivity index (χ0) is 10.8. The average molecular weight is 234 g/mol. The second kappa shape index (κ2) is 143. The monoisotopic (exact) mass is 234 g/mol. The molecule has 8 nitrogen and oxygen atoms in total. The molecule has 0 aliphatic rings. The standard InChI is InChI=1S/4CHNO.Al.K/c4*2-1-3;;/h4*3H;;/q;;;;+3;+1/p-4. The Morgan fingerprint density at radius 2 is 0.571 bits per heavy atom. The van der Waals surface area contributed by atoms with Crippen LogP contribution < -0.4 is 71.8 Å². The normalized spacial score (nSPS) is 2.00. The van der Waals surface area contributed by atoms with Gasteiger partial charge in [-0.2, -0.15) is 0 Å². The first kappa shape index (κ1) is 37.7. The molecule has 0 aliphatic carbocycles. The molecule has 10 heteroatoms. The van der Waals surface area contributed by atoms with Crippen LogP contribution in [-0.2, 0) is 0 Å². The Bertz CT molecular complexity index is 163. The molecule has 0 radical (unpaired) electrons. The van der Waals surface area contributed by atoms with E-state index < -0.39 is 0 Å². The van der Waals surface area contributed by atoms with Crippen LogP contribution in [0.4, 0.5) is 0 Å². The Kier molecular flexibility index (Phi) is 385. The minimum atomic E-state index is 0. The minimum Gasteiger partial charge on any atom is -0.812 e. The van der Waals surface area contributed by atoms with Crippen LogP contribution in [0.5, 0.6) is 0 Å². The number of hydrogen-bond donors (Lipinski definition) is 0. The van der Waals surface area contributed by atoms with E-state index in [4.69, 9.17) is 41.5 Å². The summed E-state index contributed by atoms with van der Waals surface area (Å²) in [6.45, 7) is 0. The summed E-state index contributed by atoms with van der Waals surface area (Å²) in [5, 5.41) is 60.0. The van der Waals surface area contributed by atoms with Gasteiger partial charge in [-0.25, -0.2) is 21.0 Å². The molecule has 0 aromatic rings. The van der Waals surface area contributed by atoms with Gasteiger partial charge in [-0.05, 0) is 0 Å². The van der Waals surface area contributed by atoms with Crippen LogP contribution in [0.3, 0.4) is 0 Å². The predicted octanol–water partition coefficient (Wildman–Crippen LogP) is -8.07. The number of rotatable bonds is 0. The van der Waals surface area contributed by atoms with Gasteiger partial charge in [-0.3, -0.25) is 0 Å². The fourth-order valence-electron chi connectivity index (χ4n) is 0. The van der Waals surface area contributed by atoms with E-state index in [0.29, 0.717) is 25.0 Å². The maximum atomic E-state index is 8.24. The molecule has 0 bridgehead atoms. The molecule has 0 saturated heterocycles. The van der Waals surface area contributed by atoms with E-state index in [-0.39, 0.29) is 68.7 Å². The molecule has 0 heterocycles. The molecule has 0 unspecified atom stereocenters. The van der Waals surface area contributed by atoms with E-state index in [0.717, 1.165) is 0 Å². The molecular formula is C4AlKN4O4. The molecule has 0 rings (SSSR count). The van der Waals surface area contributed by atoms with Crippen LogP contribution >= 0.6 is 0 Å². The van der Waals surface area contributed by atoms with Crippen molar-refractivity contribution < 1.29 is 71.8 Å². The first-order valence-corrected chi connectivity index (χ1v) is 1.71. The van der Waals surface area contributed by atoms with Crippen LogP contribution in [0.2, 0.25) is 0 Å². The zero-order valence-corrected chi connectivity index (χ0v) is 11.3. The molecule has 0 aromatic carbocycles. The summed E-state index contributed by atoms with van der Waals surface area (Å²) in [4.78, 5) is 0. The molecule has 0 spiro atoms. The summed E-state index contributed by atoms with van der Waals surface area (Å²) in [6, 6.07) is 0. The van der Waals surface area contributed by atoms with Crippen molar-refractivity contribution >= 4 is 17.4 Å². The Morgan fingerprint density at radius 1 is 0.571 bits per heavy atom. The van der Waals surface area contributed by atoms with E-state index in [2.05, 4.69) is 0 Å². The average Bonchev–Trinajstić information content (AvgIpc) is 1.92. The van der Waals surface area contributed by atoms with E-state index in [1.165, 1.54) is 0 Å². The van der Waals surface area contributed by atoms with Gasteiger partial charge >= 0.3 is 68.7 Å². The van der Waals surface area contributed by atoms with Crippen LogP contribution in [-0.4, -0.2) is 17.4 Å². The largest absolute Gasteiger partial charge is 3.00 e. The summed E-state index contributed by atoms with van der Waals surface area (Å²) < 4.78 is 0. The van der Waals surface area contributed by atoms with Gasteiger partial charge in [0.05, 0.1) is 0 Å². The maximum Gasteiger partial charge on any atom is 3.00 e. The van der Waals surface area contributed by atoms with Gasteiger partial charge in [-0.15, -0.1) is 0 Å². The van der Waals surface area contributed by atoms with Gasteiger partial charge in [0, 0.05) is 25.0 Å². The SMILES string of the molecule is N#C[O-].N#C[O-].N#C[O-].N#C[O-].[Al+3].[K+]. The third kappa shape index (κ3) is 2680. The fourth-order valence-corrected chi connectivity index (χ4v) is 0. The Labute approximate surface area is 133 Å². The van der Waals surface area contributed by atoms with Gasteiger partial charge in [0.15, 0.2) is 0 Å². The number of nitrogens with zero attached hydrogens (tertiary/aromatic N) is 4. The quantitative estimate of drug-likeness (QED) is 0.291. The second-order valence-electron chi connectivity index (χ2n) is 0.365. The first-order chi connectivity index (χ1) is 5.66. The molecule has 0 amide bonds. The third-order valence-corrected chi connectivity index (χ3v) is 0. The molecule has 0 aromatic heterocycles. The zero-order valence-electron chi connectivity index (χ0n) is 7.00. The van der Waals surface area contributed by atoms with Gasteiger partial charge < -0.3 is 20.4 Å². The van der Waals surface area contributed by atoms with Crippen molar-refractivity contribution in [2.45, 2.75) is 0 Å². The maximum absolute atomic E-state index is 8.24. The van der Waals surface area contributed by atoms with Gasteiger partial charge in [0.25, 0.3) is 0 Å². The summed E-state index contributed by atoms with van der Waals surface area (Å²) in [5.41, 5.74) is 0. The van der Waals surface area contributed by atoms with Crippen molar-refractivity contribution in [2.24, 2.45) is 0 Å². The minimum absolute atomic E-state index is 0. The van der Waals surface area contributed by atoms with Crippen LogP contribution in [0, 0.1) is 46.1 Å². The smallest absolute Gasteiger partial charge is 0.812 e. The van der Waals surface area contributed by atoms with Gasteiger partial charge in [-0.1, -0.05) is 0 Å². The summed E-state index contributed by atoms with van der Waals surface area (Å²) in [7, 11) is 0. The Balaban J connectivity index is -0.0000000145. The van der Waals surface area contributed by atoms with Crippen molar-refractivity contribution in [3.63, 3.8) is 0 Å². The van der Waals surface area contributed by atoms with Crippen LogP contribution in [0.15, 0.2) is 0 Å². The fraction of sp³-hybridized carbons (Fsp3) is 0. The molecule has 14 heavy (non-hydrogen) atoms. The third-order valence-electron chi connectivity index (χ3n) is 0. The van der Waals surface area contributed by atoms with Crippen molar-refractivity contribution in [1.29, 1.82) is 21.0 Å².